The van der Waals surface area contributed by atoms with Crippen molar-refractivity contribution >= 4 is 22.6 Å². The highest BCUT2D eigenvalue weighted by molar-refractivity contribution is 5.94. The van der Waals surface area contributed by atoms with Gasteiger partial charge in [-0.2, -0.15) is 0 Å². The second-order valence-electron chi connectivity index (χ2n) is 5.47. The Hall–Kier alpha value is -3.21. The quantitative estimate of drug-likeness (QED) is 0.596. The number of rotatable bonds is 4. The van der Waals surface area contributed by atoms with E-state index >= 15 is 0 Å². The molecule has 1 N–H and O–H groups in total. The van der Waals surface area contributed by atoms with Crippen LogP contribution in [0, 0.1) is 0 Å². The molecule has 0 fully saturated rings. The van der Waals surface area contributed by atoms with E-state index in [1.54, 1.807) is 0 Å². The first-order valence-electron chi connectivity index (χ1n) is 7.87. The van der Waals surface area contributed by atoms with Crippen LogP contribution in [0.2, 0.25) is 0 Å². The summed E-state index contributed by atoms with van der Waals surface area (Å²) in [5, 5.41) is 7.46. The van der Waals surface area contributed by atoms with E-state index in [1.807, 2.05) is 42.5 Å². The molecule has 5 nitrogen and oxygen atoms in total. The van der Waals surface area contributed by atoms with Gasteiger partial charge in [0, 0.05) is 11.3 Å². The van der Waals surface area contributed by atoms with Gasteiger partial charge in [-0.05, 0) is 24.1 Å². The molecule has 4 rings (SSSR count). The topological polar surface area (TPSA) is 63.8 Å². The zero-order chi connectivity index (χ0) is 16.4. The van der Waals surface area contributed by atoms with Gasteiger partial charge in [0.25, 0.3) is 0 Å². The zero-order valence-corrected chi connectivity index (χ0v) is 13.2. The summed E-state index contributed by atoms with van der Waals surface area (Å²) < 4.78 is 5.51. The molecule has 0 unspecified atom stereocenters. The Kier molecular flexibility index (Phi) is 3.67. The van der Waals surface area contributed by atoms with Gasteiger partial charge in [-0.25, -0.2) is 9.97 Å². The third-order valence-corrected chi connectivity index (χ3v) is 3.93. The lowest BCUT2D eigenvalue weighted by atomic mass is 10.1. The maximum atomic E-state index is 5.51. The summed E-state index contributed by atoms with van der Waals surface area (Å²) in [6.45, 7) is 2.13. The highest BCUT2D eigenvalue weighted by Gasteiger charge is 2.16. The summed E-state index contributed by atoms with van der Waals surface area (Å²) in [7, 11) is 0. The number of aromatic nitrogens is 3. The molecule has 0 spiro atoms. The third kappa shape index (κ3) is 2.60. The maximum absolute atomic E-state index is 5.51. The van der Waals surface area contributed by atoms with E-state index in [-0.39, 0.29) is 0 Å². The minimum absolute atomic E-state index is 0.552. The third-order valence-electron chi connectivity index (χ3n) is 3.93. The van der Waals surface area contributed by atoms with Crippen LogP contribution in [0.4, 0.5) is 11.5 Å². The maximum Gasteiger partial charge on any atom is 0.228 e. The molecule has 2 aromatic carbocycles. The molecule has 0 atom stereocenters. The molecular formula is C19H16N4O. The van der Waals surface area contributed by atoms with Gasteiger partial charge in [0.05, 0.1) is 0 Å². The van der Waals surface area contributed by atoms with E-state index in [9.17, 15) is 0 Å². The standard InChI is InChI=1S/C19H16N4O/c1-2-13-8-10-15(11-9-13)22-19-18-17(20-12-21-19)16(23-24-18)14-6-4-3-5-7-14/h3-12H,2H2,1H3,(H,20,21,22). The van der Waals surface area contributed by atoms with Gasteiger partial charge in [-0.1, -0.05) is 54.5 Å². The monoisotopic (exact) mass is 316 g/mol. The molecule has 0 saturated heterocycles. The number of nitrogens with zero attached hydrogens (tertiary/aromatic N) is 3. The Bertz CT molecular complexity index is 962. The van der Waals surface area contributed by atoms with Crippen LogP contribution in [0.3, 0.4) is 0 Å². The molecule has 5 heteroatoms. The van der Waals surface area contributed by atoms with Crippen LogP contribution in [0.1, 0.15) is 12.5 Å². The first kappa shape index (κ1) is 14.4. The Balaban J connectivity index is 1.73. The van der Waals surface area contributed by atoms with Crippen LogP contribution in [-0.4, -0.2) is 15.1 Å². The second kappa shape index (κ2) is 6.12. The molecule has 0 radical (unpaired) electrons. The molecule has 0 aliphatic rings. The summed E-state index contributed by atoms with van der Waals surface area (Å²) in [5.74, 6) is 0.610. The Morgan fingerprint density at radius 1 is 0.958 bits per heavy atom. The second-order valence-corrected chi connectivity index (χ2v) is 5.47. The molecule has 0 aliphatic carbocycles. The van der Waals surface area contributed by atoms with Crippen molar-refractivity contribution in [2.24, 2.45) is 0 Å². The first-order chi connectivity index (χ1) is 11.8. The Morgan fingerprint density at radius 3 is 2.50 bits per heavy atom. The van der Waals surface area contributed by atoms with Crippen molar-refractivity contribution in [2.75, 3.05) is 5.32 Å². The summed E-state index contributed by atoms with van der Waals surface area (Å²) in [6, 6.07) is 18.1. The summed E-state index contributed by atoms with van der Waals surface area (Å²) in [4.78, 5) is 8.64. The Labute approximate surface area is 139 Å². The smallest absolute Gasteiger partial charge is 0.228 e. The van der Waals surface area contributed by atoms with Gasteiger partial charge < -0.3 is 9.84 Å². The predicted octanol–water partition coefficient (Wildman–Crippen LogP) is 4.59. The number of hydrogen-bond acceptors (Lipinski definition) is 5. The SMILES string of the molecule is CCc1ccc(Nc2ncnc3c(-c4ccccc4)noc23)cc1. The van der Waals surface area contributed by atoms with E-state index in [0.717, 1.165) is 23.4 Å². The summed E-state index contributed by atoms with van der Waals surface area (Å²) >= 11 is 0. The van der Waals surface area contributed by atoms with Crippen molar-refractivity contribution in [3.05, 3.63) is 66.5 Å². The lowest BCUT2D eigenvalue weighted by molar-refractivity contribution is 0.459. The van der Waals surface area contributed by atoms with Gasteiger partial charge in [0.2, 0.25) is 5.58 Å². The van der Waals surface area contributed by atoms with Crippen molar-refractivity contribution in [2.45, 2.75) is 13.3 Å². The van der Waals surface area contributed by atoms with Crippen molar-refractivity contribution in [1.29, 1.82) is 0 Å². The van der Waals surface area contributed by atoms with Crippen molar-refractivity contribution < 1.29 is 4.52 Å². The van der Waals surface area contributed by atoms with E-state index < -0.39 is 0 Å². The van der Waals surface area contributed by atoms with Gasteiger partial charge in [0.1, 0.15) is 17.5 Å². The molecular weight excluding hydrogens is 300 g/mol. The lowest BCUT2D eigenvalue weighted by Crippen LogP contribution is -1.95. The van der Waals surface area contributed by atoms with Gasteiger partial charge >= 0.3 is 0 Å². The number of nitrogens with one attached hydrogen (secondary N) is 1. The molecule has 0 bridgehead atoms. The molecule has 0 saturated carbocycles. The highest BCUT2D eigenvalue weighted by atomic mass is 16.5. The molecule has 0 amide bonds. The van der Waals surface area contributed by atoms with E-state index in [4.69, 9.17) is 4.52 Å². The summed E-state index contributed by atoms with van der Waals surface area (Å²) in [5.41, 5.74) is 5.18. The van der Waals surface area contributed by atoms with Crippen LogP contribution in [0.15, 0.2) is 65.4 Å². The minimum atomic E-state index is 0.552. The average Bonchev–Trinajstić information content (AvgIpc) is 3.08. The number of aryl methyl sites for hydroxylation is 1. The van der Waals surface area contributed by atoms with E-state index in [2.05, 4.69) is 39.5 Å². The predicted molar refractivity (Wildman–Crippen MR) is 94.1 cm³/mol. The van der Waals surface area contributed by atoms with E-state index in [0.29, 0.717) is 16.9 Å². The first-order valence-corrected chi connectivity index (χ1v) is 7.87. The molecule has 118 valence electrons. The fraction of sp³-hybridized carbons (Fsp3) is 0.105. The summed E-state index contributed by atoms with van der Waals surface area (Å²) in [6.07, 6.45) is 2.54. The largest absolute Gasteiger partial charge is 0.350 e. The van der Waals surface area contributed by atoms with Crippen LogP contribution in [-0.2, 0) is 6.42 Å². The van der Waals surface area contributed by atoms with Crippen LogP contribution in [0.5, 0.6) is 0 Å². The molecule has 2 aromatic heterocycles. The zero-order valence-electron chi connectivity index (χ0n) is 13.2. The fourth-order valence-corrected chi connectivity index (χ4v) is 2.60. The van der Waals surface area contributed by atoms with Crippen LogP contribution < -0.4 is 5.32 Å². The fourth-order valence-electron chi connectivity index (χ4n) is 2.60. The lowest BCUT2D eigenvalue weighted by Gasteiger charge is -2.06. The molecule has 4 aromatic rings. The Morgan fingerprint density at radius 2 is 1.75 bits per heavy atom. The van der Waals surface area contributed by atoms with Crippen LogP contribution in [0.25, 0.3) is 22.4 Å². The minimum Gasteiger partial charge on any atom is -0.350 e. The highest BCUT2D eigenvalue weighted by Crippen LogP contribution is 2.30. The number of anilines is 2. The molecule has 24 heavy (non-hydrogen) atoms. The van der Waals surface area contributed by atoms with Crippen molar-refractivity contribution in [3.8, 4) is 11.3 Å². The van der Waals surface area contributed by atoms with E-state index in [1.165, 1.54) is 11.9 Å². The normalized spacial score (nSPS) is 10.9. The van der Waals surface area contributed by atoms with Crippen molar-refractivity contribution in [3.63, 3.8) is 0 Å². The molecule has 2 heterocycles. The van der Waals surface area contributed by atoms with Crippen molar-refractivity contribution in [1.82, 2.24) is 15.1 Å². The van der Waals surface area contributed by atoms with Gasteiger partial charge in [0.15, 0.2) is 5.82 Å². The van der Waals surface area contributed by atoms with Crippen LogP contribution >= 0.6 is 0 Å². The molecule has 0 aliphatic heterocycles. The number of fused-ring (bicyclic) bond motifs is 1. The number of hydrogen-bond donors (Lipinski definition) is 1. The number of benzene rings is 2. The average molecular weight is 316 g/mol. The van der Waals surface area contributed by atoms with Gasteiger partial charge in [-0.3, -0.25) is 0 Å². The van der Waals surface area contributed by atoms with Gasteiger partial charge in [-0.15, -0.1) is 0 Å².